The number of halogens is 1. The summed E-state index contributed by atoms with van der Waals surface area (Å²) in [6, 6.07) is 7.53. The number of methoxy groups -OCH3 is 1. The van der Waals surface area contributed by atoms with Crippen LogP contribution in [0.25, 0.3) is 5.57 Å². The molecule has 6 heteroatoms. The molecule has 5 nitrogen and oxygen atoms in total. The number of allylic oxidation sites excluding steroid dienone is 1. The van der Waals surface area contributed by atoms with Crippen molar-refractivity contribution in [3.63, 3.8) is 0 Å². The average molecular weight is 348 g/mol. The van der Waals surface area contributed by atoms with Crippen molar-refractivity contribution >= 4 is 11.5 Å². The van der Waals surface area contributed by atoms with Crippen molar-refractivity contribution in [2.75, 3.05) is 33.4 Å². The van der Waals surface area contributed by atoms with Crippen molar-refractivity contribution in [1.29, 1.82) is 0 Å². The Morgan fingerprint density at radius 2 is 2.08 bits per heavy atom. The first kappa shape index (κ1) is 19.1. The first-order chi connectivity index (χ1) is 12.0. The molecule has 0 fully saturated rings. The third-order valence-corrected chi connectivity index (χ3v) is 4.23. The Morgan fingerprint density at radius 1 is 1.40 bits per heavy atom. The number of nitrogens with two attached hydrogens (primary N) is 1. The zero-order valence-corrected chi connectivity index (χ0v) is 14.7. The summed E-state index contributed by atoms with van der Waals surface area (Å²) in [6.07, 6.45) is 3.16. The molecule has 0 aliphatic heterocycles. The predicted molar refractivity (Wildman–Crippen MR) is 95.8 cm³/mol. The zero-order valence-electron chi connectivity index (χ0n) is 14.7. The van der Waals surface area contributed by atoms with E-state index in [0.717, 1.165) is 11.1 Å². The Morgan fingerprint density at radius 3 is 2.64 bits per heavy atom. The summed E-state index contributed by atoms with van der Waals surface area (Å²) in [5.41, 5.74) is 7.50. The third kappa shape index (κ3) is 4.90. The Balaban J connectivity index is 1.92. The second-order valence-electron chi connectivity index (χ2n) is 6.30. The summed E-state index contributed by atoms with van der Waals surface area (Å²) in [5, 5.41) is 2.87. The topological polar surface area (TPSA) is 73.6 Å². The van der Waals surface area contributed by atoms with Crippen LogP contribution >= 0.6 is 0 Å². The Labute approximate surface area is 147 Å². The highest BCUT2D eigenvalue weighted by atomic mass is 19.1. The maximum absolute atomic E-state index is 12.5. The van der Waals surface area contributed by atoms with E-state index >= 15 is 0 Å². The number of rotatable bonds is 9. The predicted octanol–water partition coefficient (Wildman–Crippen LogP) is 2.43. The highest BCUT2D eigenvalue weighted by Crippen LogP contribution is 2.44. The Bertz CT molecular complexity index is 655. The molecule has 1 amide bonds. The van der Waals surface area contributed by atoms with Crippen LogP contribution in [0.1, 0.15) is 18.9 Å². The van der Waals surface area contributed by atoms with Crippen LogP contribution < -0.4 is 15.8 Å². The summed E-state index contributed by atoms with van der Waals surface area (Å²) in [7, 11) is 1.60. The number of hydrogen-bond donors (Lipinski definition) is 2. The number of amides is 1. The molecule has 0 heterocycles. The van der Waals surface area contributed by atoms with Gasteiger partial charge >= 0.3 is 0 Å². The van der Waals surface area contributed by atoms with Gasteiger partial charge in [0.25, 0.3) is 0 Å². The van der Waals surface area contributed by atoms with Gasteiger partial charge in [-0.2, -0.15) is 0 Å². The van der Waals surface area contributed by atoms with E-state index in [0.29, 0.717) is 37.2 Å². The van der Waals surface area contributed by atoms with Crippen LogP contribution in [0, 0.1) is 5.41 Å². The van der Waals surface area contributed by atoms with Crippen LogP contribution in [-0.4, -0.2) is 39.3 Å². The Hall–Kier alpha value is -2.18. The van der Waals surface area contributed by atoms with Crippen molar-refractivity contribution in [2.45, 2.75) is 13.3 Å². The van der Waals surface area contributed by atoms with Gasteiger partial charge in [0.15, 0.2) is 0 Å². The molecule has 1 aliphatic carbocycles. The van der Waals surface area contributed by atoms with Gasteiger partial charge in [-0.1, -0.05) is 18.2 Å². The summed E-state index contributed by atoms with van der Waals surface area (Å²) in [5.74, 6) is 0.664. The second-order valence-corrected chi connectivity index (χ2v) is 6.30. The molecule has 0 radical (unpaired) electrons. The van der Waals surface area contributed by atoms with Crippen LogP contribution in [0.4, 0.5) is 4.39 Å². The summed E-state index contributed by atoms with van der Waals surface area (Å²) in [6.45, 7) is 3.20. The summed E-state index contributed by atoms with van der Waals surface area (Å²) >= 11 is 0. The van der Waals surface area contributed by atoms with E-state index in [1.54, 1.807) is 7.11 Å². The largest absolute Gasteiger partial charge is 0.489 e. The van der Waals surface area contributed by atoms with E-state index in [4.69, 9.17) is 15.2 Å². The summed E-state index contributed by atoms with van der Waals surface area (Å²) < 4.78 is 22.9. The number of hydrogen-bond acceptors (Lipinski definition) is 4. The number of benzene rings is 1. The molecular weight excluding hydrogens is 323 g/mol. The third-order valence-electron chi connectivity index (χ3n) is 4.23. The molecule has 3 N–H and O–H groups in total. The monoisotopic (exact) mass is 348 g/mol. The van der Waals surface area contributed by atoms with Gasteiger partial charge in [0.1, 0.15) is 12.4 Å². The number of nitrogens with one attached hydrogen (secondary N) is 1. The molecule has 1 atom stereocenters. The molecule has 136 valence electrons. The van der Waals surface area contributed by atoms with Gasteiger partial charge < -0.3 is 20.5 Å². The minimum absolute atomic E-state index is 0.0144. The first-order valence-electron chi connectivity index (χ1n) is 8.23. The van der Waals surface area contributed by atoms with Crippen molar-refractivity contribution in [1.82, 2.24) is 5.32 Å². The van der Waals surface area contributed by atoms with E-state index in [9.17, 15) is 9.18 Å². The summed E-state index contributed by atoms with van der Waals surface area (Å²) in [4.78, 5) is 12.2. The lowest BCUT2D eigenvalue weighted by molar-refractivity contribution is -0.128. The normalized spacial score (nSPS) is 19.8. The van der Waals surface area contributed by atoms with Crippen LogP contribution in [0.15, 0.2) is 42.2 Å². The molecule has 0 aromatic heterocycles. The quantitative estimate of drug-likeness (QED) is 0.672. The maximum atomic E-state index is 12.5. The fourth-order valence-electron chi connectivity index (χ4n) is 2.63. The maximum Gasteiger partial charge on any atom is 0.230 e. The molecule has 0 saturated heterocycles. The lowest BCUT2D eigenvalue weighted by Gasteiger charge is -2.35. The van der Waals surface area contributed by atoms with Gasteiger partial charge in [-0.3, -0.25) is 4.79 Å². The number of ether oxygens (including phenoxy) is 2. The fraction of sp³-hybridized carbons (Fsp3) is 0.421. The van der Waals surface area contributed by atoms with Crippen molar-refractivity contribution < 1.29 is 18.7 Å². The van der Waals surface area contributed by atoms with Crippen molar-refractivity contribution in [2.24, 2.45) is 11.1 Å². The van der Waals surface area contributed by atoms with Gasteiger partial charge in [0.2, 0.25) is 5.91 Å². The van der Waals surface area contributed by atoms with E-state index in [-0.39, 0.29) is 19.1 Å². The lowest BCUT2D eigenvalue weighted by Crippen LogP contribution is -2.42. The number of carbonyl (C=O) groups is 1. The molecular formula is C19H25FN2O3. The first-order valence-corrected chi connectivity index (χ1v) is 8.23. The zero-order chi connectivity index (χ0) is 18.3. The molecule has 1 unspecified atom stereocenters. The number of carbonyl (C=O) groups excluding carboxylic acids is 1. The smallest absolute Gasteiger partial charge is 0.230 e. The Kier molecular flexibility index (Phi) is 6.73. The molecule has 1 aliphatic rings. The highest BCUT2D eigenvalue weighted by molar-refractivity contribution is 5.93. The van der Waals surface area contributed by atoms with Crippen LogP contribution in [0.3, 0.4) is 0 Å². The van der Waals surface area contributed by atoms with Gasteiger partial charge in [-0.15, -0.1) is 0 Å². The van der Waals surface area contributed by atoms with Gasteiger partial charge in [0, 0.05) is 25.8 Å². The molecule has 25 heavy (non-hydrogen) atoms. The molecule has 1 aromatic rings. The fourth-order valence-corrected chi connectivity index (χ4v) is 2.63. The minimum atomic E-state index is -0.472. The van der Waals surface area contributed by atoms with Gasteiger partial charge in [0.05, 0.1) is 18.4 Å². The van der Waals surface area contributed by atoms with Crippen LogP contribution in [0.2, 0.25) is 0 Å². The minimum Gasteiger partial charge on any atom is -0.489 e. The molecule has 2 rings (SSSR count). The van der Waals surface area contributed by atoms with Gasteiger partial charge in [-0.05, 0) is 36.6 Å². The highest BCUT2D eigenvalue weighted by Gasteiger charge is 2.39. The van der Waals surface area contributed by atoms with E-state index in [1.807, 2.05) is 37.3 Å². The SMILES string of the molecule is COCCNC(=O)C1(C)C=C(c2ccc(OC/C(=C/F)CN)cc2)C1. The lowest BCUT2D eigenvalue weighted by atomic mass is 9.70. The van der Waals surface area contributed by atoms with Crippen LogP contribution in [-0.2, 0) is 9.53 Å². The molecule has 0 saturated carbocycles. The standard InChI is InChI=1S/C19H25FN2O3/c1-19(18(23)22-7-8-24-2)9-16(10-19)15-3-5-17(6-4-15)25-13-14(11-20)12-21/h3-6,9,11H,7-8,10,12-13,21H2,1-2H3,(H,22,23)/b14-11+. The average Bonchev–Trinajstić information content (AvgIpc) is 2.60. The van der Waals surface area contributed by atoms with Gasteiger partial charge in [-0.25, -0.2) is 4.39 Å². The van der Waals surface area contributed by atoms with Crippen LogP contribution in [0.5, 0.6) is 5.75 Å². The molecule has 1 aromatic carbocycles. The van der Waals surface area contributed by atoms with E-state index in [1.165, 1.54) is 0 Å². The van der Waals surface area contributed by atoms with Crippen molar-refractivity contribution in [3.8, 4) is 5.75 Å². The van der Waals surface area contributed by atoms with Crippen molar-refractivity contribution in [3.05, 3.63) is 47.8 Å². The van der Waals surface area contributed by atoms with E-state index < -0.39 is 5.41 Å². The molecule has 0 spiro atoms. The van der Waals surface area contributed by atoms with E-state index in [2.05, 4.69) is 5.32 Å². The molecule has 0 bridgehead atoms. The second kappa shape index (κ2) is 8.78.